The normalized spacial score (nSPS) is 11.2. The van der Waals surface area contributed by atoms with Gasteiger partial charge in [-0.2, -0.15) is 9.61 Å². The molecule has 5 heteroatoms. The van der Waals surface area contributed by atoms with Crippen LogP contribution in [0.5, 0.6) is 5.88 Å². The smallest absolute Gasteiger partial charge is 0.219 e. The molecule has 114 valence electrons. The van der Waals surface area contributed by atoms with Crippen molar-refractivity contribution in [2.45, 2.75) is 33.1 Å². The van der Waals surface area contributed by atoms with Crippen LogP contribution in [0.1, 0.15) is 35.7 Å². The van der Waals surface area contributed by atoms with Crippen molar-refractivity contribution in [3.63, 3.8) is 0 Å². The van der Waals surface area contributed by atoms with Gasteiger partial charge in [-0.25, -0.2) is 9.37 Å². The lowest BCUT2D eigenvalue weighted by Crippen LogP contribution is -2.05. The third kappa shape index (κ3) is 2.54. The van der Waals surface area contributed by atoms with Crippen LogP contribution in [0.3, 0.4) is 0 Å². The monoisotopic (exact) mass is 299 g/mol. The quantitative estimate of drug-likeness (QED) is 0.803. The summed E-state index contributed by atoms with van der Waals surface area (Å²) in [6.07, 6.45) is 3.72. The Balaban J connectivity index is 2.09. The molecule has 1 N–H and O–H groups in total. The van der Waals surface area contributed by atoms with Crippen molar-refractivity contribution in [2.75, 3.05) is 0 Å². The van der Waals surface area contributed by atoms with Crippen molar-refractivity contribution < 1.29 is 9.50 Å². The lowest BCUT2D eigenvalue weighted by Gasteiger charge is -2.12. The first-order valence-corrected chi connectivity index (χ1v) is 7.39. The van der Waals surface area contributed by atoms with Crippen LogP contribution in [0.4, 0.5) is 4.39 Å². The number of aryl methyl sites for hydroxylation is 2. The van der Waals surface area contributed by atoms with Crippen molar-refractivity contribution in [1.82, 2.24) is 14.6 Å². The maximum atomic E-state index is 13.7. The molecule has 0 aliphatic carbocycles. The van der Waals surface area contributed by atoms with Crippen LogP contribution in [-0.4, -0.2) is 19.7 Å². The van der Waals surface area contributed by atoms with Gasteiger partial charge in [-0.1, -0.05) is 25.5 Å². The van der Waals surface area contributed by atoms with E-state index in [2.05, 4.69) is 17.0 Å². The Labute approximate surface area is 128 Å². The van der Waals surface area contributed by atoms with Crippen LogP contribution in [0.15, 0.2) is 30.5 Å². The van der Waals surface area contributed by atoms with E-state index in [4.69, 9.17) is 0 Å². The van der Waals surface area contributed by atoms with Gasteiger partial charge < -0.3 is 5.11 Å². The average molecular weight is 299 g/mol. The van der Waals surface area contributed by atoms with E-state index in [1.165, 1.54) is 10.6 Å². The summed E-state index contributed by atoms with van der Waals surface area (Å²) in [6.45, 7) is 3.80. The molecule has 2 heterocycles. The van der Waals surface area contributed by atoms with E-state index in [-0.39, 0.29) is 11.7 Å². The molecule has 3 rings (SSSR count). The topological polar surface area (TPSA) is 50.4 Å². The van der Waals surface area contributed by atoms with Gasteiger partial charge in [0.15, 0.2) is 5.65 Å². The van der Waals surface area contributed by atoms with Crippen molar-refractivity contribution in [3.05, 3.63) is 58.7 Å². The Bertz CT molecular complexity index is 826. The summed E-state index contributed by atoms with van der Waals surface area (Å²) < 4.78 is 15.2. The molecule has 0 spiro atoms. The SMILES string of the molecule is CCCc1nc2ccnn2c(O)c1Cc1ccc(C)c(F)c1. The highest BCUT2D eigenvalue weighted by molar-refractivity contribution is 5.47. The largest absolute Gasteiger partial charge is 0.493 e. The molecule has 22 heavy (non-hydrogen) atoms. The Morgan fingerprint density at radius 3 is 2.82 bits per heavy atom. The molecule has 1 aromatic carbocycles. The number of hydrogen-bond donors (Lipinski definition) is 1. The lowest BCUT2D eigenvalue weighted by atomic mass is 10.0. The number of nitrogens with zero attached hydrogens (tertiary/aromatic N) is 3. The third-order valence-electron chi connectivity index (χ3n) is 3.80. The fourth-order valence-corrected chi connectivity index (χ4v) is 2.58. The van der Waals surface area contributed by atoms with Gasteiger partial charge in [-0.3, -0.25) is 0 Å². The minimum atomic E-state index is -0.234. The van der Waals surface area contributed by atoms with E-state index in [0.29, 0.717) is 23.2 Å². The van der Waals surface area contributed by atoms with E-state index in [9.17, 15) is 9.50 Å². The molecule has 0 atom stereocenters. The third-order valence-corrected chi connectivity index (χ3v) is 3.80. The molecular weight excluding hydrogens is 281 g/mol. The van der Waals surface area contributed by atoms with Crippen LogP contribution in [0.25, 0.3) is 5.65 Å². The van der Waals surface area contributed by atoms with Gasteiger partial charge in [-0.05, 0) is 30.5 Å². The van der Waals surface area contributed by atoms with Gasteiger partial charge in [0.05, 0.1) is 11.9 Å². The number of hydrogen-bond acceptors (Lipinski definition) is 3. The standard InChI is InChI=1S/C17H18FN3O/c1-3-4-15-13(9-12-6-5-11(2)14(18)10-12)17(22)21-16(20-15)7-8-19-21/h5-8,10,22H,3-4,9H2,1-2H3. The summed E-state index contributed by atoms with van der Waals surface area (Å²) in [7, 11) is 0. The molecule has 0 saturated heterocycles. The van der Waals surface area contributed by atoms with Crippen LogP contribution in [-0.2, 0) is 12.8 Å². The minimum absolute atomic E-state index is 0.0828. The predicted molar refractivity (Wildman–Crippen MR) is 82.6 cm³/mol. The maximum absolute atomic E-state index is 13.7. The zero-order valence-corrected chi connectivity index (χ0v) is 12.7. The van der Waals surface area contributed by atoms with Crippen molar-refractivity contribution in [2.24, 2.45) is 0 Å². The first-order valence-electron chi connectivity index (χ1n) is 7.39. The van der Waals surface area contributed by atoms with E-state index in [1.54, 1.807) is 25.3 Å². The van der Waals surface area contributed by atoms with Crippen LogP contribution >= 0.6 is 0 Å². The average Bonchev–Trinajstić information content (AvgIpc) is 2.95. The Hall–Kier alpha value is -2.43. The molecule has 0 aliphatic rings. The Morgan fingerprint density at radius 1 is 1.27 bits per heavy atom. The summed E-state index contributed by atoms with van der Waals surface area (Å²) >= 11 is 0. The van der Waals surface area contributed by atoms with E-state index in [1.807, 2.05) is 6.07 Å². The van der Waals surface area contributed by atoms with Crippen LogP contribution < -0.4 is 0 Å². The van der Waals surface area contributed by atoms with Crippen LogP contribution in [0.2, 0.25) is 0 Å². The molecule has 0 saturated carbocycles. The molecule has 0 unspecified atom stereocenters. The predicted octanol–water partition coefficient (Wildman–Crippen LogP) is 3.43. The highest BCUT2D eigenvalue weighted by atomic mass is 19.1. The fraction of sp³-hybridized carbons (Fsp3) is 0.294. The lowest BCUT2D eigenvalue weighted by molar-refractivity contribution is 0.427. The maximum Gasteiger partial charge on any atom is 0.219 e. The van der Waals surface area contributed by atoms with E-state index < -0.39 is 0 Å². The second kappa shape index (κ2) is 5.75. The molecule has 0 radical (unpaired) electrons. The van der Waals surface area contributed by atoms with Gasteiger partial charge >= 0.3 is 0 Å². The fourth-order valence-electron chi connectivity index (χ4n) is 2.58. The number of aromatic hydroxyl groups is 1. The Morgan fingerprint density at radius 2 is 2.09 bits per heavy atom. The second-order valence-corrected chi connectivity index (χ2v) is 5.47. The first-order chi connectivity index (χ1) is 10.6. The summed E-state index contributed by atoms with van der Waals surface area (Å²) in [5, 5.41) is 14.6. The molecule has 3 aromatic rings. The summed E-state index contributed by atoms with van der Waals surface area (Å²) in [6, 6.07) is 6.90. The summed E-state index contributed by atoms with van der Waals surface area (Å²) in [5.74, 6) is -0.151. The highest BCUT2D eigenvalue weighted by Gasteiger charge is 2.15. The van der Waals surface area contributed by atoms with E-state index in [0.717, 1.165) is 24.1 Å². The second-order valence-electron chi connectivity index (χ2n) is 5.47. The van der Waals surface area contributed by atoms with Gasteiger partial charge in [-0.15, -0.1) is 0 Å². The molecule has 0 fully saturated rings. The van der Waals surface area contributed by atoms with Crippen LogP contribution in [0, 0.1) is 12.7 Å². The zero-order valence-electron chi connectivity index (χ0n) is 12.7. The van der Waals surface area contributed by atoms with Crippen molar-refractivity contribution >= 4 is 5.65 Å². The van der Waals surface area contributed by atoms with Crippen molar-refractivity contribution in [1.29, 1.82) is 0 Å². The van der Waals surface area contributed by atoms with Crippen molar-refractivity contribution in [3.8, 4) is 5.88 Å². The van der Waals surface area contributed by atoms with Gasteiger partial charge in [0, 0.05) is 18.1 Å². The number of rotatable bonds is 4. The number of fused-ring (bicyclic) bond motifs is 1. The summed E-state index contributed by atoms with van der Waals surface area (Å²) in [5.41, 5.74) is 3.60. The van der Waals surface area contributed by atoms with Gasteiger partial charge in [0.2, 0.25) is 5.88 Å². The molecule has 2 aromatic heterocycles. The van der Waals surface area contributed by atoms with Gasteiger partial charge in [0.25, 0.3) is 0 Å². The first kappa shape index (κ1) is 14.5. The molecular formula is C17H18FN3O. The number of benzene rings is 1. The number of aromatic nitrogens is 3. The summed E-state index contributed by atoms with van der Waals surface area (Å²) in [4.78, 5) is 4.57. The Kier molecular flexibility index (Phi) is 3.79. The molecule has 0 amide bonds. The minimum Gasteiger partial charge on any atom is -0.493 e. The van der Waals surface area contributed by atoms with E-state index >= 15 is 0 Å². The highest BCUT2D eigenvalue weighted by Crippen LogP contribution is 2.26. The number of halogens is 1. The van der Waals surface area contributed by atoms with Gasteiger partial charge in [0.1, 0.15) is 5.82 Å². The molecule has 4 nitrogen and oxygen atoms in total. The molecule has 0 bridgehead atoms. The molecule has 0 aliphatic heterocycles. The zero-order chi connectivity index (χ0) is 15.7.